The molecule has 0 bridgehead atoms. The van der Waals surface area contributed by atoms with Crippen molar-refractivity contribution in [2.24, 2.45) is 5.41 Å². The van der Waals surface area contributed by atoms with E-state index in [4.69, 9.17) is 9.47 Å². The molecule has 2 saturated heterocycles. The summed E-state index contributed by atoms with van der Waals surface area (Å²) in [6.07, 6.45) is 11.1. The highest BCUT2D eigenvalue weighted by atomic mass is 16.5. The highest BCUT2D eigenvalue weighted by molar-refractivity contribution is 4.85. The molecule has 0 aromatic carbocycles. The van der Waals surface area contributed by atoms with Gasteiger partial charge in [0.2, 0.25) is 0 Å². The van der Waals surface area contributed by atoms with E-state index >= 15 is 0 Å². The van der Waals surface area contributed by atoms with Crippen molar-refractivity contribution in [3.8, 4) is 0 Å². The molecule has 0 spiro atoms. The summed E-state index contributed by atoms with van der Waals surface area (Å²) in [6, 6.07) is 0. The van der Waals surface area contributed by atoms with Crippen LogP contribution in [0.15, 0.2) is 0 Å². The van der Waals surface area contributed by atoms with Gasteiger partial charge in [-0.25, -0.2) is 0 Å². The van der Waals surface area contributed by atoms with Crippen LogP contribution >= 0.6 is 0 Å². The molecule has 0 radical (unpaired) electrons. The second-order valence-corrected chi connectivity index (χ2v) is 5.89. The van der Waals surface area contributed by atoms with E-state index < -0.39 is 0 Å². The van der Waals surface area contributed by atoms with Crippen LogP contribution in [0.1, 0.15) is 65.2 Å². The highest BCUT2D eigenvalue weighted by Gasteiger charge is 2.35. The summed E-state index contributed by atoms with van der Waals surface area (Å²) >= 11 is 0. The first kappa shape index (κ1) is 13.4. The largest absolute Gasteiger partial charge is 0.378 e. The third kappa shape index (κ3) is 3.45. The van der Waals surface area contributed by atoms with E-state index in [1.165, 1.54) is 51.4 Å². The molecule has 2 atom stereocenters. The molecule has 0 aromatic rings. The van der Waals surface area contributed by atoms with Gasteiger partial charge in [-0.15, -0.1) is 0 Å². The zero-order chi connectivity index (χ0) is 12.1. The van der Waals surface area contributed by atoms with Crippen LogP contribution in [0, 0.1) is 5.41 Å². The van der Waals surface area contributed by atoms with Gasteiger partial charge in [0.05, 0.1) is 12.2 Å². The fourth-order valence-electron chi connectivity index (χ4n) is 3.49. The SMILES string of the molecule is CCC(CC)(CC1CCCO1)CC1CCCO1. The molecule has 100 valence electrons. The van der Waals surface area contributed by atoms with Crippen molar-refractivity contribution in [3.05, 3.63) is 0 Å². The summed E-state index contributed by atoms with van der Waals surface area (Å²) in [4.78, 5) is 0. The third-order valence-electron chi connectivity index (χ3n) is 4.87. The second-order valence-electron chi connectivity index (χ2n) is 5.89. The molecular weight excluding hydrogens is 212 g/mol. The Balaban J connectivity index is 1.91. The molecular formula is C15H28O2. The van der Waals surface area contributed by atoms with Crippen LogP contribution in [0.3, 0.4) is 0 Å². The Hall–Kier alpha value is -0.0800. The van der Waals surface area contributed by atoms with Crippen molar-refractivity contribution in [3.63, 3.8) is 0 Å². The predicted molar refractivity (Wildman–Crippen MR) is 70.2 cm³/mol. The third-order valence-corrected chi connectivity index (χ3v) is 4.87. The Morgan fingerprint density at radius 1 is 0.882 bits per heavy atom. The minimum Gasteiger partial charge on any atom is -0.378 e. The summed E-state index contributed by atoms with van der Waals surface area (Å²) in [7, 11) is 0. The lowest BCUT2D eigenvalue weighted by atomic mass is 9.72. The summed E-state index contributed by atoms with van der Waals surface area (Å²) in [5, 5.41) is 0. The van der Waals surface area contributed by atoms with E-state index in [1.807, 2.05) is 0 Å². The number of rotatable bonds is 6. The Labute approximate surface area is 106 Å². The van der Waals surface area contributed by atoms with Gasteiger partial charge in [-0.1, -0.05) is 26.7 Å². The van der Waals surface area contributed by atoms with E-state index in [2.05, 4.69) is 13.8 Å². The van der Waals surface area contributed by atoms with Crippen molar-refractivity contribution >= 4 is 0 Å². The molecule has 2 heteroatoms. The maximum atomic E-state index is 5.84. The molecule has 0 aromatic heterocycles. The lowest BCUT2D eigenvalue weighted by Gasteiger charge is -2.36. The minimum atomic E-state index is 0.462. The van der Waals surface area contributed by atoms with E-state index in [1.54, 1.807) is 0 Å². The molecule has 2 aliphatic rings. The van der Waals surface area contributed by atoms with Crippen LogP contribution in [0.4, 0.5) is 0 Å². The topological polar surface area (TPSA) is 18.5 Å². The Kier molecular flexibility index (Phi) is 4.87. The summed E-state index contributed by atoms with van der Waals surface area (Å²) < 4.78 is 11.7. The lowest BCUT2D eigenvalue weighted by molar-refractivity contribution is 0.0148. The molecule has 2 heterocycles. The monoisotopic (exact) mass is 240 g/mol. The predicted octanol–water partition coefficient (Wildman–Crippen LogP) is 3.93. The number of ether oxygens (including phenoxy) is 2. The summed E-state index contributed by atoms with van der Waals surface area (Å²) in [5.74, 6) is 0. The van der Waals surface area contributed by atoms with Gasteiger partial charge >= 0.3 is 0 Å². The average Bonchev–Trinajstić information content (AvgIpc) is 3.01. The molecule has 2 rings (SSSR count). The first-order chi connectivity index (χ1) is 8.28. The molecule has 17 heavy (non-hydrogen) atoms. The summed E-state index contributed by atoms with van der Waals surface area (Å²) in [6.45, 7) is 6.64. The molecule has 2 unspecified atom stereocenters. The molecule has 0 amide bonds. The van der Waals surface area contributed by atoms with Gasteiger partial charge in [0.15, 0.2) is 0 Å². The van der Waals surface area contributed by atoms with Crippen LogP contribution < -0.4 is 0 Å². The van der Waals surface area contributed by atoms with E-state index in [0.29, 0.717) is 17.6 Å². The van der Waals surface area contributed by atoms with Crippen LogP contribution in [0.25, 0.3) is 0 Å². The van der Waals surface area contributed by atoms with Crippen LogP contribution in [0.5, 0.6) is 0 Å². The zero-order valence-corrected chi connectivity index (χ0v) is 11.5. The Bertz CT molecular complexity index is 191. The standard InChI is InChI=1S/C15H28O2/c1-3-15(4-2,11-13-7-5-9-16-13)12-14-8-6-10-17-14/h13-14H,3-12H2,1-2H3. The van der Waals surface area contributed by atoms with Gasteiger partial charge in [0.1, 0.15) is 0 Å². The maximum Gasteiger partial charge on any atom is 0.0581 e. The van der Waals surface area contributed by atoms with Gasteiger partial charge < -0.3 is 9.47 Å². The molecule has 2 aliphatic heterocycles. The second kappa shape index (κ2) is 6.19. The quantitative estimate of drug-likeness (QED) is 0.700. The van der Waals surface area contributed by atoms with E-state index in [0.717, 1.165) is 13.2 Å². The zero-order valence-electron chi connectivity index (χ0n) is 11.5. The molecule has 2 nitrogen and oxygen atoms in total. The van der Waals surface area contributed by atoms with Crippen molar-refractivity contribution < 1.29 is 9.47 Å². The summed E-state index contributed by atoms with van der Waals surface area (Å²) in [5.41, 5.74) is 0.462. The maximum absolute atomic E-state index is 5.84. The van der Waals surface area contributed by atoms with Crippen LogP contribution in [-0.2, 0) is 9.47 Å². The van der Waals surface area contributed by atoms with Gasteiger partial charge in [-0.3, -0.25) is 0 Å². The highest BCUT2D eigenvalue weighted by Crippen LogP contribution is 2.41. The molecule has 0 saturated carbocycles. The van der Waals surface area contributed by atoms with Crippen LogP contribution in [-0.4, -0.2) is 25.4 Å². The molecule has 0 N–H and O–H groups in total. The van der Waals surface area contributed by atoms with Crippen molar-refractivity contribution in [1.29, 1.82) is 0 Å². The molecule has 2 fully saturated rings. The number of hydrogen-bond acceptors (Lipinski definition) is 2. The smallest absolute Gasteiger partial charge is 0.0581 e. The van der Waals surface area contributed by atoms with E-state index in [9.17, 15) is 0 Å². The van der Waals surface area contributed by atoms with Gasteiger partial charge in [-0.2, -0.15) is 0 Å². The van der Waals surface area contributed by atoms with Gasteiger partial charge in [-0.05, 0) is 43.9 Å². The van der Waals surface area contributed by atoms with Gasteiger partial charge in [0.25, 0.3) is 0 Å². The lowest BCUT2D eigenvalue weighted by Crippen LogP contribution is -2.29. The average molecular weight is 240 g/mol. The fourth-order valence-corrected chi connectivity index (χ4v) is 3.49. The van der Waals surface area contributed by atoms with Crippen molar-refractivity contribution in [1.82, 2.24) is 0 Å². The number of hydrogen-bond donors (Lipinski definition) is 0. The first-order valence-corrected chi connectivity index (χ1v) is 7.51. The Morgan fingerprint density at radius 2 is 1.35 bits per heavy atom. The first-order valence-electron chi connectivity index (χ1n) is 7.51. The van der Waals surface area contributed by atoms with Gasteiger partial charge in [0, 0.05) is 13.2 Å². The van der Waals surface area contributed by atoms with Crippen LogP contribution in [0.2, 0.25) is 0 Å². The van der Waals surface area contributed by atoms with E-state index in [-0.39, 0.29) is 0 Å². The fraction of sp³-hybridized carbons (Fsp3) is 1.00. The molecule has 0 aliphatic carbocycles. The Morgan fingerprint density at radius 3 is 1.65 bits per heavy atom. The minimum absolute atomic E-state index is 0.462. The van der Waals surface area contributed by atoms with Crippen molar-refractivity contribution in [2.75, 3.05) is 13.2 Å². The van der Waals surface area contributed by atoms with Crippen molar-refractivity contribution in [2.45, 2.75) is 77.4 Å². The normalized spacial score (nSPS) is 30.0.